The lowest BCUT2D eigenvalue weighted by atomic mass is 10.1. The molecule has 0 spiro atoms. The summed E-state index contributed by atoms with van der Waals surface area (Å²) in [6.45, 7) is -0.598. The van der Waals surface area contributed by atoms with Crippen LogP contribution >= 0.6 is 0 Å². The van der Waals surface area contributed by atoms with Gasteiger partial charge in [0.15, 0.2) is 0 Å². The lowest BCUT2D eigenvalue weighted by molar-refractivity contribution is -0.114. The first-order valence-corrected chi connectivity index (χ1v) is 12.0. The molecule has 0 fully saturated rings. The third-order valence-electron chi connectivity index (χ3n) is 5.04. The van der Waals surface area contributed by atoms with Crippen molar-refractivity contribution < 1.29 is 37.0 Å². The van der Waals surface area contributed by atoms with E-state index in [1.165, 1.54) is 63.8 Å². The Labute approximate surface area is 208 Å². The van der Waals surface area contributed by atoms with Crippen molar-refractivity contribution in [2.75, 3.05) is 37.5 Å². The van der Waals surface area contributed by atoms with Crippen molar-refractivity contribution in [1.82, 2.24) is 0 Å². The van der Waals surface area contributed by atoms with Crippen molar-refractivity contribution in [3.63, 3.8) is 0 Å². The lowest BCUT2D eigenvalue weighted by Gasteiger charge is -2.24. The number of sulfonamides is 1. The van der Waals surface area contributed by atoms with Crippen LogP contribution in [0.5, 0.6) is 5.75 Å². The molecule has 0 radical (unpaired) electrons. The van der Waals surface area contributed by atoms with E-state index in [-0.39, 0.29) is 27.4 Å². The molecule has 0 bridgehead atoms. The van der Waals surface area contributed by atoms with Gasteiger partial charge in [-0.3, -0.25) is 9.10 Å². The Kier molecular flexibility index (Phi) is 8.28. The molecule has 1 amide bonds. The van der Waals surface area contributed by atoms with Crippen LogP contribution in [-0.2, 0) is 24.3 Å². The first-order valence-electron chi connectivity index (χ1n) is 10.5. The first-order chi connectivity index (χ1) is 17.2. The molecule has 3 aromatic carbocycles. The first kappa shape index (κ1) is 26.2. The fraction of sp³-hybridized carbons (Fsp3) is 0.160. The van der Waals surface area contributed by atoms with E-state index >= 15 is 0 Å². The summed E-state index contributed by atoms with van der Waals surface area (Å²) < 4.78 is 42.3. The summed E-state index contributed by atoms with van der Waals surface area (Å²) in [5, 5.41) is 2.54. The summed E-state index contributed by atoms with van der Waals surface area (Å²) in [6.07, 6.45) is 0. The number of nitrogens with zero attached hydrogens (tertiary/aromatic N) is 1. The summed E-state index contributed by atoms with van der Waals surface area (Å²) in [6, 6.07) is 17.7. The second-order valence-corrected chi connectivity index (χ2v) is 9.22. The van der Waals surface area contributed by atoms with E-state index < -0.39 is 34.4 Å². The molecular weight excluding hydrogens is 488 g/mol. The molecule has 0 aliphatic rings. The largest absolute Gasteiger partial charge is 0.497 e. The minimum Gasteiger partial charge on any atom is -0.497 e. The Bertz CT molecular complexity index is 1320. The molecule has 188 valence electrons. The van der Waals surface area contributed by atoms with E-state index in [1.807, 2.05) is 0 Å². The molecule has 0 aromatic heterocycles. The third-order valence-corrected chi connectivity index (χ3v) is 6.83. The van der Waals surface area contributed by atoms with Crippen LogP contribution in [0.3, 0.4) is 0 Å². The van der Waals surface area contributed by atoms with Gasteiger partial charge in [-0.05, 0) is 54.6 Å². The molecule has 10 nitrogen and oxygen atoms in total. The van der Waals surface area contributed by atoms with Gasteiger partial charge in [0.25, 0.3) is 10.0 Å². The van der Waals surface area contributed by atoms with Gasteiger partial charge in [-0.15, -0.1) is 0 Å². The maximum Gasteiger partial charge on any atom is 0.337 e. The summed E-state index contributed by atoms with van der Waals surface area (Å²) in [5.41, 5.74) is 0.308. The minimum absolute atomic E-state index is 0.000354. The van der Waals surface area contributed by atoms with Gasteiger partial charge in [-0.25, -0.2) is 18.0 Å². The second kappa shape index (κ2) is 11.4. The molecule has 3 rings (SSSR count). The number of benzene rings is 3. The highest BCUT2D eigenvalue weighted by atomic mass is 32.2. The SMILES string of the molecule is COC(=O)c1cc(NC(=O)CN(c2ccc(OC)cc2)S(=O)(=O)c2ccccc2)cc(C(=O)OC)c1. The Morgan fingerprint density at radius 3 is 1.86 bits per heavy atom. The van der Waals surface area contributed by atoms with E-state index in [1.54, 1.807) is 30.3 Å². The minimum atomic E-state index is -4.13. The normalized spacial score (nSPS) is 10.8. The molecule has 0 aliphatic carbocycles. The van der Waals surface area contributed by atoms with Gasteiger partial charge in [0, 0.05) is 5.69 Å². The predicted octanol–water partition coefficient (Wildman–Crippen LogP) is 3.10. The quantitative estimate of drug-likeness (QED) is 0.433. The van der Waals surface area contributed by atoms with E-state index in [0.29, 0.717) is 5.75 Å². The number of methoxy groups -OCH3 is 3. The van der Waals surface area contributed by atoms with E-state index in [0.717, 1.165) is 4.31 Å². The summed E-state index contributed by atoms with van der Waals surface area (Å²) in [4.78, 5) is 37.1. The Balaban J connectivity index is 1.96. The van der Waals surface area contributed by atoms with Crippen LogP contribution in [0.4, 0.5) is 11.4 Å². The third kappa shape index (κ3) is 5.99. The highest BCUT2D eigenvalue weighted by Crippen LogP contribution is 2.26. The van der Waals surface area contributed by atoms with Gasteiger partial charge in [-0.2, -0.15) is 0 Å². The van der Waals surface area contributed by atoms with Crippen molar-refractivity contribution in [3.05, 3.63) is 83.9 Å². The molecular formula is C25H24N2O8S. The van der Waals surface area contributed by atoms with Crippen LogP contribution in [0.1, 0.15) is 20.7 Å². The van der Waals surface area contributed by atoms with Crippen LogP contribution in [0.15, 0.2) is 77.7 Å². The van der Waals surface area contributed by atoms with Gasteiger partial charge in [-0.1, -0.05) is 18.2 Å². The maximum absolute atomic E-state index is 13.4. The fourth-order valence-electron chi connectivity index (χ4n) is 3.29. The molecule has 0 saturated carbocycles. The lowest BCUT2D eigenvalue weighted by Crippen LogP contribution is -2.38. The average molecular weight is 513 g/mol. The molecule has 1 N–H and O–H groups in total. The number of carbonyl (C=O) groups excluding carboxylic acids is 3. The molecule has 0 heterocycles. The summed E-state index contributed by atoms with van der Waals surface area (Å²) in [5.74, 6) is -1.68. The van der Waals surface area contributed by atoms with E-state index in [2.05, 4.69) is 5.32 Å². The number of hydrogen-bond acceptors (Lipinski definition) is 8. The van der Waals surface area contributed by atoms with Gasteiger partial charge in [0.2, 0.25) is 5.91 Å². The van der Waals surface area contributed by atoms with E-state index in [4.69, 9.17) is 14.2 Å². The standard InChI is InChI=1S/C25H24N2O8S/c1-33-21-11-9-20(10-12-21)27(36(31,32)22-7-5-4-6-8-22)16-23(28)26-19-14-17(24(29)34-2)13-18(15-19)25(30)35-3/h4-15H,16H2,1-3H3,(H,26,28). The number of amides is 1. The van der Waals surface area contributed by atoms with Crippen LogP contribution in [0.25, 0.3) is 0 Å². The van der Waals surface area contributed by atoms with Crippen LogP contribution in [0.2, 0.25) is 0 Å². The molecule has 0 atom stereocenters. The smallest absolute Gasteiger partial charge is 0.337 e. The van der Waals surface area contributed by atoms with Crippen molar-refractivity contribution >= 4 is 39.2 Å². The number of carbonyl (C=O) groups is 3. The topological polar surface area (TPSA) is 128 Å². The zero-order valence-electron chi connectivity index (χ0n) is 19.8. The Hall–Kier alpha value is -4.38. The van der Waals surface area contributed by atoms with Gasteiger partial charge in [0.05, 0.1) is 43.0 Å². The van der Waals surface area contributed by atoms with Crippen molar-refractivity contribution in [3.8, 4) is 5.75 Å². The zero-order chi connectivity index (χ0) is 26.3. The maximum atomic E-state index is 13.4. The summed E-state index contributed by atoms with van der Waals surface area (Å²) >= 11 is 0. The number of hydrogen-bond donors (Lipinski definition) is 1. The highest BCUT2D eigenvalue weighted by molar-refractivity contribution is 7.92. The average Bonchev–Trinajstić information content (AvgIpc) is 2.91. The molecule has 3 aromatic rings. The number of esters is 2. The summed E-state index contributed by atoms with van der Waals surface area (Å²) in [7, 11) is -0.304. The molecule has 0 saturated heterocycles. The Morgan fingerprint density at radius 2 is 1.36 bits per heavy atom. The molecule has 36 heavy (non-hydrogen) atoms. The van der Waals surface area contributed by atoms with Crippen LogP contribution in [-0.4, -0.2) is 54.1 Å². The second-order valence-electron chi connectivity index (χ2n) is 7.35. The number of anilines is 2. The van der Waals surface area contributed by atoms with Crippen LogP contribution in [0, 0.1) is 0 Å². The van der Waals surface area contributed by atoms with E-state index in [9.17, 15) is 22.8 Å². The van der Waals surface area contributed by atoms with Gasteiger partial charge < -0.3 is 19.5 Å². The van der Waals surface area contributed by atoms with Crippen molar-refractivity contribution in [2.24, 2.45) is 0 Å². The predicted molar refractivity (Wildman–Crippen MR) is 132 cm³/mol. The van der Waals surface area contributed by atoms with Gasteiger partial charge >= 0.3 is 11.9 Å². The van der Waals surface area contributed by atoms with Crippen molar-refractivity contribution in [2.45, 2.75) is 4.90 Å². The van der Waals surface area contributed by atoms with Crippen molar-refractivity contribution in [1.29, 1.82) is 0 Å². The molecule has 0 aliphatic heterocycles. The number of nitrogens with one attached hydrogen (secondary N) is 1. The molecule has 0 unspecified atom stereocenters. The Morgan fingerprint density at radius 1 is 0.806 bits per heavy atom. The highest BCUT2D eigenvalue weighted by Gasteiger charge is 2.27. The number of rotatable bonds is 9. The zero-order valence-corrected chi connectivity index (χ0v) is 20.6. The monoisotopic (exact) mass is 512 g/mol. The molecule has 11 heteroatoms. The van der Waals surface area contributed by atoms with Crippen LogP contribution < -0.4 is 14.4 Å². The fourth-order valence-corrected chi connectivity index (χ4v) is 4.73. The van der Waals surface area contributed by atoms with Gasteiger partial charge in [0.1, 0.15) is 12.3 Å². The number of ether oxygens (including phenoxy) is 3.